The zero-order chi connectivity index (χ0) is 15.0. The number of carbonyl (C=O) groups is 4. The number of carboxylic acids is 4. The molecule has 96 valence electrons. The van der Waals surface area contributed by atoms with Crippen LogP contribution < -0.4 is 0 Å². The Kier molecular flexibility index (Phi) is 29.8. The van der Waals surface area contributed by atoms with Crippen LogP contribution in [0.5, 0.6) is 0 Å². The number of carboxylic acid groups (broad SMARTS) is 4. The average Bonchev–Trinajstić information content (AvgIpc) is 2.00. The van der Waals surface area contributed by atoms with E-state index in [1.807, 2.05) is 0 Å². The van der Waals surface area contributed by atoms with Crippen molar-refractivity contribution in [3.63, 3.8) is 0 Å². The van der Waals surface area contributed by atoms with Crippen LogP contribution in [0.25, 0.3) is 0 Å². The van der Waals surface area contributed by atoms with E-state index in [2.05, 4.69) is 0 Å². The molecule has 0 rings (SSSR count). The molecule has 0 unspecified atom stereocenters. The van der Waals surface area contributed by atoms with Gasteiger partial charge in [0.25, 0.3) is 17.9 Å². The van der Waals surface area contributed by atoms with E-state index in [1.165, 1.54) is 0 Å². The Balaban J connectivity index is -0.0000000667. The molecule has 8 nitrogen and oxygen atoms in total. The van der Waals surface area contributed by atoms with Gasteiger partial charge in [0.05, 0.1) is 0 Å². The Morgan fingerprint density at radius 3 is 0.824 bits per heavy atom. The summed E-state index contributed by atoms with van der Waals surface area (Å²) in [4.78, 5) is 36.4. The van der Waals surface area contributed by atoms with Crippen LogP contribution in [0.2, 0.25) is 3.67 Å². The Hall–Kier alpha value is -1.12. The van der Waals surface area contributed by atoms with Crippen molar-refractivity contribution in [2.75, 3.05) is 0 Å². The number of rotatable bonds is 1. The van der Waals surface area contributed by atoms with Gasteiger partial charge in [-0.25, -0.2) is 0 Å². The van der Waals surface area contributed by atoms with Crippen LogP contribution in [0, 0.1) is 0 Å². The van der Waals surface area contributed by atoms with Gasteiger partial charge in [0.2, 0.25) is 0 Å². The van der Waals surface area contributed by atoms with Crippen LogP contribution in [0.3, 0.4) is 0 Å². The van der Waals surface area contributed by atoms with E-state index >= 15 is 0 Å². The van der Waals surface area contributed by atoms with Gasteiger partial charge in [0.1, 0.15) is 0 Å². The third-order valence-corrected chi connectivity index (χ3v) is 0.907. The van der Waals surface area contributed by atoms with Crippen molar-refractivity contribution in [2.45, 2.75) is 24.4 Å². The summed E-state index contributed by atoms with van der Waals surface area (Å²) in [6, 6.07) is 0. The van der Waals surface area contributed by atoms with Gasteiger partial charge in [-0.05, 0) is 0 Å². The molecule has 0 heterocycles. The fourth-order valence-electron chi connectivity index (χ4n) is 0. The number of hydrogen-bond acceptors (Lipinski definition) is 4. The van der Waals surface area contributed by atoms with E-state index in [9.17, 15) is 4.79 Å². The van der Waals surface area contributed by atoms with E-state index in [1.54, 1.807) is 0 Å². The summed E-state index contributed by atoms with van der Waals surface area (Å²) in [7, 11) is 0. The van der Waals surface area contributed by atoms with Gasteiger partial charge in [0, 0.05) is 20.8 Å². The zero-order valence-corrected chi connectivity index (χ0v) is 12.1. The van der Waals surface area contributed by atoms with Gasteiger partial charge < -0.3 is 15.3 Å². The molecule has 0 atom stereocenters. The van der Waals surface area contributed by atoms with E-state index in [-0.39, 0.29) is 0 Å². The molecule has 0 saturated carbocycles. The monoisotopic (exact) mass is 262 g/mol. The van der Waals surface area contributed by atoms with Crippen molar-refractivity contribution in [3.05, 3.63) is 0 Å². The van der Waals surface area contributed by atoms with Crippen LogP contribution in [-0.4, -0.2) is 72.2 Å². The second kappa shape index (κ2) is 20.3. The molecule has 0 spiro atoms. The van der Waals surface area contributed by atoms with Gasteiger partial charge in [-0.2, -0.15) is 0 Å². The molecule has 0 aliphatic rings. The Morgan fingerprint density at radius 1 is 0.765 bits per heavy atom. The van der Waals surface area contributed by atoms with Crippen LogP contribution in [0.1, 0.15) is 20.8 Å². The number of hydrogen-bond donors (Lipinski definition) is 4. The topological polar surface area (TPSA) is 149 Å². The molecule has 0 aliphatic carbocycles. The van der Waals surface area contributed by atoms with Crippen LogP contribution in [0.15, 0.2) is 0 Å². The third-order valence-electron chi connectivity index (χ3n) is 0.302. The Labute approximate surface area is 116 Å². The second-order valence-electron chi connectivity index (χ2n) is 2.30. The Morgan fingerprint density at radius 2 is 0.824 bits per heavy atom. The SMILES string of the molecule is CC(=O)O.CC(=O)O.CC(=O)O.O=C(O)[CH2][Na]. The molecule has 0 radical (unpaired) electrons. The maximum atomic E-state index is 9.40. The first-order chi connectivity index (χ1) is 7.47. The van der Waals surface area contributed by atoms with Crippen molar-refractivity contribution in [2.24, 2.45) is 0 Å². The van der Waals surface area contributed by atoms with Crippen LogP contribution in [0.4, 0.5) is 0 Å². The fraction of sp³-hybridized carbons (Fsp3) is 0.500. The van der Waals surface area contributed by atoms with Crippen LogP contribution >= 0.6 is 0 Å². The zero-order valence-electron chi connectivity index (χ0n) is 10.1. The van der Waals surface area contributed by atoms with Crippen molar-refractivity contribution >= 4 is 51.8 Å². The summed E-state index contributed by atoms with van der Waals surface area (Å²) in [5, 5.41) is 30.0. The summed E-state index contributed by atoms with van der Waals surface area (Å²) >= 11 is 0.774. The molecule has 0 amide bonds. The van der Waals surface area contributed by atoms with Gasteiger partial charge in [-0.3, -0.25) is 14.4 Å². The van der Waals surface area contributed by atoms with Crippen molar-refractivity contribution in [1.29, 1.82) is 0 Å². The normalized spacial score (nSPS) is 6.65. The van der Waals surface area contributed by atoms with Gasteiger partial charge in [-0.1, -0.05) is 0 Å². The standard InChI is InChI=1S/3C2H4O2.C2H3O2.Na/c4*1-2(3)4;/h3*1H3,(H,3,4);1H2,(H,3,4);. The van der Waals surface area contributed by atoms with E-state index in [0.29, 0.717) is 3.67 Å². The molecule has 0 saturated heterocycles. The second-order valence-corrected chi connectivity index (χ2v) is 3.01. The summed E-state index contributed by atoms with van der Waals surface area (Å²) < 4.78 is 0.361. The molecular weight excluding hydrogens is 247 g/mol. The average molecular weight is 262 g/mol. The van der Waals surface area contributed by atoms with Gasteiger partial charge in [0.15, 0.2) is 0 Å². The first-order valence-electron chi connectivity index (χ1n) is 4.27. The molecule has 0 bridgehead atoms. The predicted octanol–water partition coefficient (Wildman–Crippen LogP) is -0.0695. The minimum absolute atomic E-state index is 0.361. The summed E-state index contributed by atoms with van der Waals surface area (Å²) in [6.07, 6.45) is 0. The summed E-state index contributed by atoms with van der Waals surface area (Å²) in [5.74, 6) is -3.18. The molecule has 9 heteroatoms. The molecule has 0 aromatic heterocycles. The van der Waals surface area contributed by atoms with Crippen LogP contribution in [-0.2, 0) is 19.2 Å². The molecule has 4 N–H and O–H groups in total. The number of aliphatic carboxylic acids is 4. The fourth-order valence-corrected chi connectivity index (χ4v) is 0. The maximum absolute atomic E-state index is 9.40. The molecule has 0 aromatic rings. The summed E-state index contributed by atoms with van der Waals surface area (Å²) in [5.41, 5.74) is 0. The van der Waals surface area contributed by atoms with Gasteiger partial charge in [-0.15, -0.1) is 0 Å². The van der Waals surface area contributed by atoms with Gasteiger partial charge >= 0.3 is 47.5 Å². The van der Waals surface area contributed by atoms with Crippen molar-refractivity contribution in [3.8, 4) is 0 Å². The van der Waals surface area contributed by atoms with E-state index < -0.39 is 23.9 Å². The molecule has 0 aliphatic heterocycles. The molecule has 0 fully saturated rings. The molecular formula is C8H15NaO8. The molecule has 17 heavy (non-hydrogen) atoms. The quantitative estimate of drug-likeness (QED) is 0.479. The minimum atomic E-state index is -0.833. The third kappa shape index (κ3) is 3190. The first kappa shape index (κ1) is 24.9. The van der Waals surface area contributed by atoms with Crippen molar-refractivity contribution < 1.29 is 39.6 Å². The predicted molar refractivity (Wildman–Crippen MR) is 58.1 cm³/mol. The Bertz CT molecular complexity index is 197. The van der Waals surface area contributed by atoms with E-state index in [4.69, 9.17) is 34.8 Å². The van der Waals surface area contributed by atoms with Crippen molar-refractivity contribution in [1.82, 2.24) is 0 Å². The summed E-state index contributed by atoms with van der Waals surface area (Å²) in [6.45, 7) is 3.25. The molecule has 0 aromatic carbocycles. The van der Waals surface area contributed by atoms with E-state index in [0.717, 1.165) is 48.7 Å². The first-order valence-corrected chi connectivity index (χ1v) is 5.69.